The van der Waals surface area contributed by atoms with Gasteiger partial charge in [-0.25, -0.2) is 4.98 Å². The number of pyridine rings is 1. The highest BCUT2D eigenvalue weighted by molar-refractivity contribution is 9.10. The minimum Gasteiger partial charge on any atom is -0.396 e. The minimum atomic E-state index is 0.460. The molecule has 1 aromatic heterocycles. The van der Waals surface area contributed by atoms with E-state index in [0.29, 0.717) is 11.1 Å². The van der Waals surface area contributed by atoms with E-state index in [-0.39, 0.29) is 0 Å². The van der Waals surface area contributed by atoms with Gasteiger partial charge in [0, 0.05) is 17.2 Å². The number of nitrogens with one attached hydrogen (secondary N) is 1. The molecule has 0 atom stereocenters. The molecule has 0 saturated heterocycles. The minimum absolute atomic E-state index is 0.460. The van der Waals surface area contributed by atoms with Crippen LogP contribution in [-0.2, 0) is 0 Å². The number of nitrogen functional groups attached to an aromatic ring is 1. The maximum absolute atomic E-state index is 5.94. The van der Waals surface area contributed by atoms with Gasteiger partial charge in [0.05, 0.1) is 5.69 Å². The Morgan fingerprint density at radius 1 is 1.47 bits per heavy atom. The fraction of sp³-hybridized carbons (Fsp3) is 0.615. The number of hydrogen-bond donors (Lipinski definition) is 2. The second-order valence-corrected chi connectivity index (χ2v) is 5.92. The van der Waals surface area contributed by atoms with Crippen LogP contribution < -0.4 is 11.1 Å². The van der Waals surface area contributed by atoms with Crippen molar-refractivity contribution in [2.45, 2.75) is 39.0 Å². The Bertz CT molecular complexity index is 386. The van der Waals surface area contributed by atoms with Gasteiger partial charge in [-0.15, -0.1) is 0 Å². The van der Waals surface area contributed by atoms with Gasteiger partial charge in [0.15, 0.2) is 0 Å². The lowest BCUT2D eigenvalue weighted by Gasteiger charge is -2.28. The van der Waals surface area contributed by atoms with E-state index < -0.39 is 0 Å². The molecule has 94 valence electrons. The molecule has 3 nitrogen and oxygen atoms in total. The molecular weight excluding hydrogens is 278 g/mol. The molecule has 0 amide bonds. The Balaban J connectivity index is 2.01. The lowest BCUT2D eigenvalue weighted by atomic mass is 9.83. The number of halogens is 1. The molecule has 1 saturated carbocycles. The highest BCUT2D eigenvalue weighted by Gasteiger charge is 2.31. The summed E-state index contributed by atoms with van der Waals surface area (Å²) in [5.74, 6) is 0.813. The molecule has 4 heteroatoms. The van der Waals surface area contributed by atoms with Crippen LogP contribution in [0.25, 0.3) is 0 Å². The van der Waals surface area contributed by atoms with Crippen LogP contribution in [0.3, 0.4) is 0 Å². The van der Waals surface area contributed by atoms with Gasteiger partial charge in [-0.3, -0.25) is 0 Å². The summed E-state index contributed by atoms with van der Waals surface area (Å²) in [5, 5.41) is 3.42. The van der Waals surface area contributed by atoms with E-state index in [0.717, 1.165) is 16.8 Å². The maximum atomic E-state index is 5.94. The van der Waals surface area contributed by atoms with Crippen LogP contribution >= 0.6 is 15.9 Å². The lowest BCUT2D eigenvalue weighted by molar-refractivity contribution is 0.306. The number of hydrogen-bond acceptors (Lipinski definition) is 3. The maximum Gasteiger partial charge on any atom is 0.149 e. The molecule has 1 fully saturated rings. The topological polar surface area (TPSA) is 50.9 Å². The van der Waals surface area contributed by atoms with Gasteiger partial charge in [0.25, 0.3) is 0 Å². The van der Waals surface area contributed by atoms with Crippen molar-refractivity contribution in [3.05, 3.63) is 16.7 Å². The summed E-state index contributed by atoms with van der Waals surface area (Å²) < 4.78 is 0.923. The zero-order valence-corrected chi connectivity index (χ0v) is 11.9. The van der Waals surface area contributed by atoms with Crippen LogP contribution in [0.15, 0.2) is 16.7 Å². The summed E-state index contributed by atoms with van der Waals surface area (Å²) in [5.41, 5.74) is 7.11. The fourth-order valence-electron chi connectivity index (χ4n) is 2.65. The number of rotatable bonds is 4. The van der Waals surface area contributed by atoms with Gasteiger partial charge in [0.1, 0.15) is 5.82 Å². The van der Waals surface area contributed by atoms with Gasteiger partial charge >= 0.3 is 0 Å². The molecule has 0 bridgehead atoms. The molecule has 0 unspecified atom stereocenters. The number of aromatic nitrogens is 1. The van der Waals surface area contributed by atoms with Crippen LogP contribution in [0.5, 0.6) is 0 Å². The summed E-state index contributed by atoms with van der Waals surface area (Å²) in [7, 11) is 0. The van der Waals surface area contributed by atoms with Gasteiger partial charge in [-0.1, -0.05) is 19.8 Å². The first-order valence-electron chi connectivity index (χ1n) is 6.30. The molecule has 0 aliphatic heterocycles. The molecule has 1 aromatic rings. The number of nitrogens with two attached hydrogens (primary N) is 1. The molecule has 2 rings (SSSR count). The van der Waals surface area contributed by atoms with Gasteiger partial charge in [0.2, 0.25) is 0 Å². The van der Waals surface area contributed by atoms with Crippen molar-refractivity contribution in [3.8, 4) is 0 Å². The van der Waals surface area contributed by atoms with Crippen molar-refractivity contribution in [3.63, 3.8) is 0 Å². The predicted octanol–water partition coefficient (Wildman–Crippen LogP) is 3.81. The Morgan fingerprint density at radius 3 is 2.76 bits per heavy atom. The molecule has 0 spiro atoms. The number of anilines is 2. The third-order valence-corrected chi connectivity index (χ3v) is 4.36. The molecule has 0 radical (unpaired) electrons. The van der Waals surface area contributed by atoms with Crippen molar-refractivity contribution < 1.29 is 0 Å². The first kappa shape index (κ1) is 12.7. The van der Waals surface area contributed by atoms with Crippen molar-refractivity contribution in [1.82, 2.24) is 4.98 Å². The zero-order valence-electron chi connectivity index (χ0n) is 10.3. The fourth-order valence-corrected chi connectivity index (χ4v) is 3.00. The third-order valence-electron chi connectivity index (χ3n) is 3.93. The monoisotopic (exact) mass is 297 g/mol. The largest absolute Gasteiger partial charge is 0.396 e. The van der Waals surface area contributed by atoms with E-state index in [1.165, 1.54) is 32.1 Å². The van der Waals surface area contributed by atoms with Gasteiger partial charge in [-0.2, -0.15) is 0 Å². The average Bonchev–Trinajstić information content (AvgIpc) is 2.77. The molecule has 17 heavy (non-hydrogen) atoms. The van der Waals surface area contributed by atoms with E-state index in [9.17, 15) is 0 Å². The first-order valence-corrected chi connectivity index (χ1v) is 7.09. The molecule has 1 aliphatic rings. The number of nitrogens with zero attached hydrogens (tertiary/aromatic N) is 1. The molecule has 1 aliphatic carbocycles. The first-order chi connectivity index (χ1) is 8.15. The summed E-state index contributed by atoms with van der Waals surface area (Å²) >= 11 is 3.37. The van der Waals surface area contributed by atoms with Crippen LogP contribution in [0.2, 0.25) is 0 Å². The van der Waals surface area contributed by atoms with Gasteiger partial charge in [-0.05, 0) is 46.7 Å². The van der Waals surface area contributed by atoms with Crippen molar-refractivity contribution in [1.29, 1.82) is 0 Å². The SMILES string of the molecule is CCC1(CNc2ncc(Br)cc2N)CCCC1. The standard InChI is InChI=1S/C13H20BrN3/c1-2-13(5-3-4-6-13)9-17-12-11(15)7-10(14)8-16-12/h7-8H,2-6,9,15H2,1H3,(H,16,17). The molecular formula is C13H20BrN3. The third kappa shape index (κ3) is 2.92. The normalized spacial score (nSPS) is 18.2. The quantitative estimate of drug-likeness (QED) is 0.888. The Morgan fingerprint density at radius 2 is 2.18 bits per heavy atom. The van der Waals surface area contributed by atoms with Crippen molar-refractivity contribution in [2.75, 3.05) is 17.6 Å². The Labute approximate surface area is 111 Å². The summed E-state index contributed by atoms with van der Waals surface area (Å²) in [6.45, 7) is 3.27. The highest BCUT2D eigenvalue weighted by Crippen LogP contribution is 2.41. The second kappa shape index (κ2) is 5.25. The summed E-state index contributed by atoms with van der Waals surface area (Å²) in [6.07, 6.45) is 8.39. The highest BCUT2D eigenvalue weighted by atomic mass is 79.9. The van der Waals surface area contributed by atoms with Gasteiger partial charge < -0.3 is 11.1 Å². The van der Waals surface area contributed by atoms with E-state index in [4.69, 9.17) is 5.73 Å². The molecule has 0 aromatic carbocycles. The second-order valence-electron chi connectivity index (χ2n) is 5.01. The van der Waals surface area contributed by atoms with E-state index in [1.807, 2.05) is 6.07 Å². The smallest absolute Gasteiger partial charge is 0.149 e. The Kier molecular flexibility index (Phi) is 3.92. The lowest BCUT2D eigenvalue weighted by Crippen LogP contribution is -2.26. The van der Waals surface area contributed by atoms with Crippen LogP contribution in [0.1, 0.15) is 39.0 Å². The molecule has 1 heterocycles. The van der Waals surface area contributed by atoms with Crippen LogP contribution in [-0.4, -0.2) is 11.5 Å². The van der Waals surface area contributed by atoms with Crippen LogP contribution in [0, 0.1) is 5.41 Å². The van der Waals surface area contributed by atoms with E-state index in [1.54, 1.807) is 6.20 Å². The van der Waals surface area contributed by atoms with Crippen LogP contribution in [0.4, 0.5) is 11.5 Å². The average molecular weight is 298 g/mol. The van der Waals surface area contributed by atoms with Crippen molar-refractivity contribution in [2.24, 2.45) is 5.41 Å². The van der Waals surface area contributed by atoms with E-state index >= 15 is 0 Å². The summed E-state index contributed by atoms with van der Waals surface area (Å²) in [4.78, 5) is 4.32. The molecule has 3 N–H and O–H groups in total. The predicted molar refractivity (Wildman–Crippen MR) is 76.0 cm³/mol. The zero-order chi connectivity index (χ0) is 12.3. The van der Waals surface area contributed by atoms with E-state index in [2.05, 4.69) is 33.2 Å². The summed E-state index contributed by atoms with van der Waals surface area (Å²) in [6, 6.07) is 1.89. The Hall–Kier alpha value is -0.770. The van der Waals surface area contributed by atoms with Crippen molar-refractivity contribution >= 4 is 27.4 Å².